The van der Waals surface area contributed by atoms with Crippen molar-refractivity contribution < 1.29 is 4.79 Å². The molecule has 1 aliphatic carbocycles. The van der Waals surface area contributed by atoms with Crippen molar-refractivity contribution in [3.05, 3.63) is 42.5 Å². The molecule has 0 aromatic carbocycles. The highest BCUT2D eigenvalue weighted by Gasteiger charge is 2.35. The Morgan fingerprint density at radius 2 is 2.08 bits per heavy atom. The first kappa shape index (κ1) is 15.1. The van der Waals surface area contributed by atoms with Crippen LogP contribution in [0.15, 0.2) is 36.7 Å². The molecule has 2 aliphatic rings. The number of aromatic amines is 1. The Morgan fingerprint density at radius 3 is 2.88 bits per heavy atom. The highest BCUT2D eigenvalue weighted by atomic mass is 16.2. The Morgan fingerprint density at radius 1 is 1.21 bits per heavy atom. The lowest BCUT2D eigenvalue weighted by molar-refractivity contribution is -0.136. The van der Waals surface area contributed by atoms with E-state index in [0.29, 0.717) is 5.82 Å². The van der Waals surface area contributed by atoms with Crippen molar-refractivity contribution in [2.24, 2.45) is 5.92 Å². The number of allylic oxidation sites excluding steroid dienone is 2. The Kier molecular flexibility index (Phi) is 4.11. The lowest BCUT2D eigenvalue weighted by Gasteiger charge is -2.28. The van der Waals surface area contributed by atoms with Gasteiger partial charge in [-0.15, -0.1) is 0 Å². The van der Waals surface area contributed by atoms with Crippen LogP contribution in [0, 0.1) is 5.92 Å². The molecule has 1 N–H and O–H groups in total. The zero-order valence-electron chi connectivity index (χ0n) is 13.6. The van der Waals surface area contributed by atoms with Gasteiger partial charge in [0.25, 0.3) is 0 Å². The van der Waals surface area contributed by atoms with Crippen molar-refractivity contribution in [2.45, 2.75) is 38.1 Å². The molecule has 2 aromatic heterocycles. The fourth-order valence-electron chi connectivity index (χ4n) is 3.62. The van der Waals surface area contributed by atoms with E-state index >= 15 is 0 Å². The molecule has 1 amide bonds. The first-order valence-corrected chi connectivity index (χ1v) is 8.61. The summed E-state index contributed by atoms with van der Waals surface area (Å²) in [6.45, 7) is 0.814. The summed E-state index contributed by atoms with van der Waals surface area (Å²) in [7, 11) is 0. The zero-order chi connectivity index (χ0) is 16.4. The van der Waals surface area contributed by atoms with Gasteiger partial charge in [-0.2, -0.15) is 5.10 Å². The summed E-state index contributed by atoms with van der Waals surface area (Å²) in [6, 6.07) is 3.80. The normalized spacial score (nSPS) is 23.6. The standard InChI is InChI=1S/C18H21N5O/c24-18(14-5-2-1-3-6-14)23-12-4-7-15(23)17-20-16(21-22-17)13-8-10-19-11-9-13/h1-2,8-11,14-15H,3-7,12H2,(H,20,21,22). The predicted molar refractivity (Wildman–Crippen MR) is 89.8 cm³/mol. The van der Waals surface area contributed by atoms with Gasteiger partial charge in [0.05, 0.1) is 6.04 Å². The molecule has 1 aliphatic heterocycles. The second kappa shape index (κ2) is 6.55. The molecule has 2 atom stereocenters. The second-order valence-corrected chi connectivity index (χ2v) is 6.45. The van der Waals surface area contributed by atoms with E-state index < -0.39 is 0 Å². The first-order valence-electron chi connectivity index (χ1n) is 8.61. The smallest absolute Gasteiger partial charge is 0.226 e. The van der Waals surface area contributed by atoms with Crippen LogP contribution in [-0.4, -0.2) is 37.5 Å². The van der Waals surface area contributed by atoms with Crippen molar-refractivity contribution in [3.8, 4) is 11.4 Å². The van der Waals surface area contributed by atoms with Gasteiger partial charge in [-0.25, -0.2) is 4.98 Å². The van der Waals surface area contributed by atoms with E-state index in [0.717, 1.165) is 50.0 Å². The predicted octanol–water partition coefficient (Wildman–Crippen LogP) is 2.89. The van der Waals surface area contributed by atoms with E-state index in [1.165, 1.54) is 0 Å². The molecule has 124 valence electrons. The molecule has 1 saturated heterocycles. The number of hydrogen-bond acceptors (Lipinski definition) is 4. The second-order valence-electron chi connectivity index (χ2n) is 6.45. The number of aromatic nitrogens is 4. The summed E-state index contributed by atoms with van der Waals surface area (Å²) < 4.78 is 0. The fourth-order valence-corrected chi connectivity index (χ4v) is 3.62. The molecule has 0 spiro atoms. The van der Waals surface area contributed by atoms with Crippen molar-refractivity contribution >= 4 is 5.91 Å². The van der Waals surface area contributed by atoms with Gasteiger partial charge in [0, 0.05) is 30.4 Å². The van der Waals surface area contributed by atoms with Gasteiger partial charge in [0.1, 0.15) is 5.82 Å². The molecule has 4 rings (SSSR count). The Labute approximate surface area is 141 Å². The summed E-state index contributed by atoms with van der Waals surface area (Å²) >= 11 is 0. The third-order valence-electron chi connectivity index (χ3n) is 4.91. The minimum absolute atomic E-state index is 0.0199. The number of amides is 1. The van der Waals surface area contributed by atoms with Gasteiger partial charge in [0.2, 0.25) is 5.91 Å². The SMILES string of the molecule is O=C(C1CC=CCC1)N1CCCC1c1nc(-c2ccncc2)n[nH]1. The van der Waals surface area contributed by atoms with Crippen molar-refractivity contribution in [2.75, 3.05) is 6.54 Å². The molecule has 0 saturated carbocycles. The molecule has 2 aromatic rings. The van der Waals surface area contributed by atoms with E-state index in [9.17, 15) is 4.79 Å². The van der Waals surface area contributed by atoms with Crippen LogP contribution in [-0.2, 0) is 4.79 Å². The highest BCUT2D eigenvalue weighted by molar-refractivity contribution is 5.80. The number of likely N-dealkylation sites (tertiary alicyclic amines) is 1. The Bertz CT molecular complexity index is 739. The molecule has 1 fully saturated rings. The average molecular weight is 323 g/mol. The topological polar surface area (TPSA) is 74.8 Å². The fraction of sp³-hybridized carbons (Fsp3) is 0.444. The van der Waals surface area contributed by atoms with Crippen molar-refractivity contribution in [1.29, 1.82) is 0 Å². The largest absolute Gasteiger partial charge is 0.332 e. The molecule has 0 radical (unpaired) electrons. The number of carbonyl (C=O) groups is 1. The average Bonchev–Trinajstić information content (AvgIpc) is 3.32. The lowest BCUT2D eigenvalue weighted by atomic mass is 9.93. The number of carbonyl (C=O) groups excluding carboxylic acids is 1. The molecule has 24 heavy (non-hydrogen) atoms. The number of H-pyrrole nitrogens is 1. The maximum atomic E-state index is 12.9. The van der Waals surface area contributed by atoms with Gasteiger partial charge in [0.15, 0.2) is 5.82 Å². The van der Waals surface area contributed by atoms with Gasteiger partial charge in [-0.05, 0) is 44.2 Å². The molecule has 0 bridgehead atoms. The number of hydrogen-bond donors (Lipinski definition) is 1. The van der Waals surface area contributed by atoms with Gasteiger partial charge < -0.3 is 4.90 Å². The summed E-state index contributed by atoms with van der Waals surface area (Å²) in [5.74, 6) is 1.84. The summed E-state index contributed by atoms with van der Waals surface area (Å²) in [4.78, 5) is 23.5. The molecular formula is C18H21N5O. The lowest BCUT2D eigenvalue weighted by Crippen LogP contribution is -2.36. The van der Waals surface area contributed by atoms with E-state index in [2.05, 4.69) is 32.3 Å². The van der Waals surface area contributed by atoms with Crippen LogP contribution in [0.1, 0.15) is 44.0 Å². The number of pyridine rings is 1. The maximum absolute atomic E-state index is 12.9. The summed E-state index contributed by atoms with van der Waals surface area (Å²) in [6.07, 6.45) is 12.5. The number of rotatable bonds is 3. The first-order chi connectivity index (χ1) is 11.8. The zero-order valence-corrected chi connectivity index (χ0v) is 13.6. The maximum Gasteiger partial charge on any atom is 0.226 e. The Hall–Kier alpha value is -2.50. The van der Waals surface area contributed by atoms with Crippen molar-refractivity contribution in [1.82, 2.24) is 25.1 Å². The van der Waals surface area contributed by atoms with E-state index in [4.69, 9.17) is 0 Å². The number of nitrogens with zero attached hydrogens (tertiary/aromatic N) is 4. The van der Waals surface area contributed by atoms with Gasteiger partial charge in [-0.1, -0.05) is 12.2 Å². The van der Waals surface area contributed by atoms with E-state index in [1.807, 2.05) is 17.0 Å². The molecule has 6 heteroatoms. The third kappa shape index (κ3) is 2.84. The molecule has 6 nitrogen and oxygen atoms in total. The molecule has 3 heterocycles. The van der Waals surface area contributed by atoms with E-state index in [-0.39, 0.29) is 17.9 Å². The summed E-state index contributed by atoms with van der Waals surface area (Å²) in [5, 5.41) is 7.37. The van der Waals surface area contributed by atoms with Crippen LogP contribution in [0.2, 0.25) is 0 Å². The quantitative estimate of drug-likeness (QED) is 0.881. The van der Waals surface area contributed by atoms with Gasteiger partial charge >= 0.3 is 0 Å². The minimum atomic E-state index is 0.0199. The summed E-state index contributed by atoms with van der Waals surface area (Å²) in [5.41, 5.74) is 0.931. The van der Waals surface area contributed by atoms with Gasteiger partial charge in [-0.3, -0.25) is 14.9 Å². The highest BCUT2D eigenvalue weighted by Crippen LogP contribution is 2.33. The van der Waals surface area contributed by atoms with Crippen LogP contribution in [0.3, 0.4) is 0 Å². The minimum Gasteiger partial charge on any atom is -0.332 e. The molecular weight excluding hydrogens is 302 g/mol. The van der Waals surface area contributed by atoms with E-state index in [1.54, 1.807) is 12.4 Å². The van der Waals surface area contributed by atoms with Crippen LogP contribution < -0.4 is 0 Å². The van der Waals surface area contributed by atoms with Crippen LogP contribution in [0.25, 0.3) is 11.4 Å². The van der Waals surface area contributed by atoms with Crippen LogP contribution in [0.5, 0.6) is 0 Å². The monoisotopic (exact) mass is 323 g/mol. The third-order valence-corrected chi connectivity index (χ3v) is 4.91. The van der Waals surface area contributed by atoms with Crippen LogP contribution in [0.4, 0.5) is 0 Å². The number of nitrogens with one attached hydrogen (secondary N) is 1. The van der Waals surface area contributed by atoms with Crippen LogP contribution >= 0.6 is 0 Å². The Balaban J connectivity index is 1.54. The van der Waals surface area contributed by atoms with Crippen molar-refractivity contribution in [3.63, 3.8) is 0 Å². The molecule has 2 unspecified atom stereocenters.